The zero-order valence-electron chi connectivity index (χ0n) is 26.8. The molecule has 0 amide bonds. The van der Waals surface area contributed by atoms with Crippen LogP contribution in [-0.4, -0.2) is 0 Å². The standard InChI is InChI=1S/C40H56Br2/c1-3-5-7-9-11-13-15-17-19-21-23-31-29-37(41)35-28-26-34-32(24-22-20-18-16-14-12-10-8-6-4-2)30-38(42)36-27-25-33(31)39(35)40(34)36/h25-30H,3-24H2,1-2H3. The van der Waals surface area contributed by atoms with Crippen LogP contribution in [0.5, 0.6) is 0 Å². The third-order valence-electron chi connectivity index (χ3n) is 9.57. The summed E-state index contributed by atoms with van der Waals surface area (Å²) in [7, 11) is 0. The molecule has 4 rings (SSSR count). The Labute approximate surface area is 274 Å². The van der Waals surface area contributed by atoms with Gasteiger partial charge in [0.15, 0.2) is 0 Å². The van der Waals surface area contributed by atoms with Crippen molar-refractivity contribution in [1.82, 2.24) is 0 Å². The molecular formula is C40H56Br2. The average molecular weight is 697 g/mol. The molecule has 0 N–H and O–H groups in total. The quantitative estimate of drug-likeness (QED) is 0.0567. The van der Waals surface area contributed by atoms with E-state index in [1.165, 1.54) is 194 Å². The summed E-state index contributed by atoms with van der Waals surface area (Å²) in [6.45, 7) is 4.60. The van der Waals surface area contributed by atoms with Crippen molar-refractivity contribution in [2.24, 2.45) is 0 Å². The molecule has 0 heterocycles. The third-order valence-corrected chi connectivity index (χ3v) is 10.9. The van der Waals surface area contributed by atoms with Gasteiger partial charge in [-0.3, -0.25) is 0 Å². The van der Waals surface area contributed by atoms with Gasteiger partial charge in [-0.2, -0.15) is 0 Å². The van der Waals surface area contributed by atoms with Crippen molar-refractivity contribution in [2.45, 2.75) is 155 Å². The van der Waals surface area contributed by atoms with Gasteiger partial charge in [0.25, 0.3) is 0 Å². The van der Waals surface area contributed by atoms with Crippen molar-refractivity contribution >= 4 is 64.2 Å². The van der Waals surface area contributed by atoms with Gasteiger partial charge >= 0.3 is 0 Å². The monoisotopic (exact) mass is 694 g/mol. The van der Waals surface area contributed by atoms with Gasteiger partial charge in [-0.05, 0) is 81.3 Å². The Morgan fingerprint density at radius 3 is 1.00 bits per heavy atom. The third kappa shape index (κ3) is 9.44. The fourth-order valence-corrected chi connectivity index (χ4v) is 8.28. The maximum Gasteiger partial charge on any atom is 0.0257 e. The van der Waals surface area contributed by atoms with Crippen molar-refractivity contribution in [3.8, 4) is 0 Å². The molecule has 0 saturated heterocycles. The molecule has 4 aromatic rings. The molecule has 0 aromatic heterocycles. The molecule has 4 aromatic carbocycles. The number of unbranched alkanes of at least 4 members (excludes halogenated alkanes) is 18. The first-order valence-electron chi connectivity index (χ1n) is 17.7. The first-order valence-corrected chi connectivity index (χ1v) is 19.3. The molecule has 0 bridgehead atoms. The van der Waals surface area contributed by atoms with Gasteiger partial charge in [-0.1, -0.05) is 186 Å². The second-order valence-corrected chi connectivity index (χ2v) is 14.7. The number of halogens is 2. The van der Waals surface area contributed by atoms with Gasteiger partial charge in [-0.15, -0.1) is 0 Å². The van der Waals surface area contributed by atoms with E-state index in [2.05, 4.69) is 82.1 Å². The largest absolute Gasteiger partial charge is 0.0654 e. The molecule has 0 radical (unpaired) electrons. The highest BCUT2D eigenvalue weighted by Crippen LogP contribution is 2.43. The van der Waals surface area contributed by atoms with Crippen LogP contribution in [0.4, 0.5) is 0 Å². The van der Waals surface area contributed by atoms with Gasteiger partial charge in [0.2, 0.25) is 0 Å². The van der Waals surface area contributed by atoms with Gasteiger partial charge in [-0.25, -0.2) is 0 Å². The Balaban J connectivity index is 1.38. The van der Waals surface area contributed by atoms with E-state index in [1.54, 1.807) is 0 Å². The molecule has 2 heteroatoms. The molecule has 0 nitrogen and oxygen atoms in total. The lowest BCUT2D eigenvalue weighted by atomic mass is 9.88. The lowest BCUT2D eigenvalue weighted by Gasteiger charge is -2.18. The minimum Gasteiger partial charge on any atom is -0.0654 e. The summed E-state index contributed by atoms with van der Waals surface area (Å²) in [5.41, 5.74) is 3.03. The van der Waals surface area contributed by atoms with Crippen LogP contribution in [-0.2, 0) is 12.8 Å². The number of rotatable bonds is 22. The van der Waals surface area contributed by atoms with E-state index in [1.807, 2.05) is 0 Å². The Kier molecular flexibility index (Phi) is 15.0. The van der Waals surface area contributed by atoms with Gasteiger partial charge in [0, 0.05) is 8.95 Å². The molecular weight excluding hydrogens is 640 g/mol. The molecule has 0 aliphatic heterocycles. The van der Waals surface area contributed by atoms with Crippen LogP contribution in [0.1, 0.15) is 153 Å². The first kappa shape index (κ1) is 33.8. The van der Waals surface area contributed by atoms with E-state index in [4.69, 9.17) is 0 Å². The van der Waals surface area contributed by atoms with Gasteiger partial charge in [0.05, 0.1) is 0 Å². The molecule has 0 aliphatic rings. The SMILES string of the molecule is CCCCCCCCCCCCc1cc(Br)c2ccc3c(CCCCCCCCCCCC)cc(Br)c4ccc1c2c43. The minimum atomic E-state index is 1.18. The van der Waals surface area contributed by atoms with Crippen LogP contribution in [0.2, 0.25) is 0 Å². The molecule has 0 aliphatic carbocycles. The number of hydrogen-bond donors (Lipinski definition) is 0. The second-order valence-electron chi connectivity index (χ2n) is 13.0. The van der Waals surface area contributed by atoms with E-state index in [0.717, 1.165) is 0 Å². The molecule has 0 atom stereocenters. The fourth-order valence-electron chi connectivity index (χ4n) is 7.07. The summed E-state index contributed by atoms with van der Waals surface area (Å²) in [4.78, 5) is 0. The molecule has 0 spiro atoms. The number of benzene rings is 4. The topological polar surface area (TPSA) is 0 Å². The van der Waals surface area contributed by atoms with Gasteiger partial charge in [0.1, 0.15) is 0 Å². The Bertz CT molecular complexity index is 1230. The summed E-state index contributed by atoms with van der Waals surface area (Å²) in [6, 6.07) is 14.4. The van der Waals surface area contributed by atoms with Crippen LogP contribution in [0.25, 0.3) is 32.3 Å². The molecule has 230 valence electrons. The summed E-state index contributed by atoms with van der Waals surface area (Å²) in [6.07, 6.45) is 30.1. The predicted molar refractivity (Wildman–Crippen MR) is 197 cm³/mol. The van der Waals surface area contributed by atoms with Crippen LogP contribution in [0.3, 0.4) is 0 Å². The zero-order chi connectivity index (χ0) is 29.6. The van der Waals surface area contributed by atoms with E-state index in [0.29, 0.717) is 0 Å². The number of aryl methyl sites for hydroxylation is 2. The molecule has 42 heavy (non-hydrogen) atoms. The Morgan fingerprint density at radius 2 is 0.667 bits per heavy atom. The highest BCUT2D eigenvalue weighted by Gasteiger charge is 2.17. The first-order chi connectivity index (χ1) is 20.7. The maximum absolute atomic E-state index is 3.98. The number of hydrogen-bond acceptors (Lipinski definition) is 0. The molecule has 0 unspecified atom stereocenters. The smallest absolute Gasteiger partial charge is 0.0257 e. The summed E-state index contributed by atoms with van der Waals surface area (Å²) in [5.74, 6) is 0. The molecule has 0 fully saturated rings. The zero-order valence-corrected chi connectivity index (χ0v) is 29.9. The lowest BCUT2D eigenvalue weighted by Crippen LogP contribution is -1.95. The van der Waals surface area contributed by atoms with Crippen LogP contribution >= 0.6 is 31.9 Å². The lowest BCUT2D eigenvalue weighted by molar-refractivity contribution is 0.556. The summed E-state index contributed by atoms with van der Waals surface area (Å²) in [5, 5.41) is 8.57. The fraction of sp³-hybridized carbons (Fsp3) is 0.600. The molecule has 0 saturated carbocycles. The Hall–Kier alpha value is -1.12. The van der Waals surface area contributed by atoms with Crippen LogP contribution < -0.4 is 0 Å². The highest BCUT2D eigenvalue weighted by molar-refractivity contribution is 9.11. The van der Waals surface area contributed by atoms with Crippen LogP contribution in [0.15, 0.2) is 45.3 Å². The maximum atomic E-state index is 3.98. The minimum absolute atomic E-state index is 1.18. The normalized spacial score (nSPS) is 12.0. The van der Waals surface area contributed by atoms with Crippen molar-refractivity contribution in [3.05, 3.63) is 56.5 Å². The second kappa shape index (κ2) is 18.6. The Morgan fingerprint density at radius 1 is 0.381 bits per heavy atom. The van der Waals surface area contributed by atoms with Crippen molar-refractivity contribution in [2.75, 3.05) is 0 Å². The highest BCUT2D eigenvalue weighted by atomic mass is 79.9. The predicted octanol–water partition coefficient (Wildman–Crippen LogP) is 15.0. The van der Waals surface area contributed by atoms with Crippen molar-refractivity contribution in [1.29, 1.82) is 0 Å². The van der Waals surface area contributed by atoms with E-state index in [-0.39, 0.29) is 0 Å². The van der Waals surface area contributed by atoms with Crippen molar-refractivity contribution in [3.63, 3.8) is 0 Å². The summed E-state index contributed by atoms with van der Waals surface area (Å²) >= 11 is 7.95. The van der Waals surface area contributed by atoms with Crippen LogP contribution in [0, 0.1) is 0 Å². The van der Waals surface area contributed by atoms with E-state index < -0.39 is 0 Å². The summed E-state index contributed by atoms with van der Waals surface area (Å²) < 4.78 is 2.50. The average Bonchev–Trinajstić information content (AvgIpc) is 3.00. The van der Waals surface area contributed by atoms with E-state index >= 15 is 0 Å². The van der Waals surface area contributed by atoms with Crippen molar-refractivity contribution < 1.29 is 0 Å². The van der Waals surface area contributed by atoms with Gasteiger partial charge < -0.3 is 0 Å². The van der Waals surface area contributed by atoms with E-state index in [9.17, 15) is 0 Å².